The van der Waals surface area contributed by atoms with Gasteiger partial charge in [-0.25, -0.2) is 4.79 Å². The van der Waals surface area contributed by atoms with Gasteiger partial charge in [0.1, 0.15) is 5.69 Å². The zero-order chi connectivity index (χ0) is 5.98. The molecule has 0 aromatic carbocycles. The highest BCUT2D eigenvalue weighted by atomic mass is 16.4. The molecule has 2 N–H and O–H groups in total. The van der Waals surface area contributed by atoms with Crippen LogP contribution in [0.1, 0.15) is 11.9 Å². The molecule has 1 rings (SSSR count). The molecule has 0 saturated carbocycles. The summed E-state index contributed by atoms with van der Waals surface area (Å²) in [5, 5.41) is 8.24. The molecule has 0 radical (unpaired) electrons. The zero-order valence-electron chi connectivity index (χ0n) is 4.09. The van der Waals surface area contributed by atoms with Crippen molar-refractivity contribution in [1.82, 2.24) is 4.98 Å². The molecule has 0 aliphatic rings. The van der Waals surface area contributed by atoms with Gasteiger partial charge in [0.15, 0.2) is 0 Å². The lowest BCUT2D eigenvalue weighted by molar-refractivity contribution is 0.0691. The van der Waals surface area contributed by atoms with E-state index in [4.69, 9.17) is 5.11 Å². The maximum Gasteiger partial charge on any atom is 0.352 e. The smallest absolute Gasteiger partial charge is 0.352 e. The largest absolute Gasteiger partial charge is 0.477 e. The maximum atomic E-state index is 10.0. The summed E-state index contributed by atoms with van der Waals surface area (Å²) in [6.07, 6.45) is 1.57. The van der Waals surface area contributed by atoms with Gasteiger partial charge >= 0.3 is 5.97 Å². The minimum absolute atomic E-state index is 0. The third-order valence-corrected chi connectivity index (χ3v) is 0.828. The summed E-state index contributed by atoms with van der Waals surface area (Å²) < 4.78 is 0. The van der Waals surface area contributed by atoms with Crippen LogP contribution in [-0.2, 0) is 0 Å². The van der Waals surface area contributed by atoms with Crippen LogP contribution in [0.4, 0.5) is 0 Å². The Hall–Kier alpha value is -1.25. The van der Waals surface area contributed by atoms with E-state index in [-0.39, 0.29) is 7.12 Å². The van der Waals surface area contributed by atoms with Crippen molar-refractivity contribution in [2.75, 3.05) is 0 Å². The lowest BCUT2D eigenvalue weighted by Crippen LogP contribution is -1.94. The van der Waals surface area contributed by atoms with Crippen LogP contribution in [0.3, 0.4) is 0 Å². The molecule has 44 valence electrons. The highest BCUT2D eigenvalue weighted by Gasteiger charge is 1.98. The fourth-order valence-corrected chi connectivity index (χ4v) is 0.463. The second-order valence-corrected chi connectivity index (χ2v) is 1.39. The molecule has 1 aromatic rings. The van der Waals surface area contributed by atoms with E-state index in [1.807, 2.05) is 0 Å². The highest BCUT2D eigenvalue weighted by molar-refractivity contribution is 5.85. The number of hydrogen-bond acceptors (Lipinski definition) is 1. The van der Waals surface area contributed by atoms with Crippen molar-refractivity contribution < 1.29 is 11.3 Å². The average Bonchev–Trinajstić information content (AvgIpc) is 2.12. The van der Waals surface area contributed by atoms with Crippen LogP contribution in [-0.4, -0.2) is 16.1 Å². The van der Waals surface area contributed by atoms with E-state index >= 15 is 0 Å². The first-order chi connectivity index (χ1) is 3.80. The van der Waals surface area contributed by atoms with Gasteiger partial charge in [-0.15, -0.1) is 0 Å². The topological polar surface area (TPSA) is 53.1 Å². The van der Waals surface area contributed by atoms with E-state index < -0.39 is 5.97 Å². The number of carboxylic acid groups (broad SMARTS) is 1. The molecular formula is C5H7NO2. The predicted octanol–water partition coefficient (Wildman–Crippen LogP) is 0.959. The van der Waals surface area contributed by atoms with Crippen molar-refractivity contribution >= 4 is 5.97 Å². The van der Waals surface area contributed by atoms with Crippen LogP contribution < -0.4 is 0 Å². The molecule has 0 spiro atoms. The molecule has 1 heterocycles. The molecule has 0 bridgehead atoms. The van der Waals surface area contributed by atoms with E-state index in [9.17, 15) is 4.79 Å². The monoisotopic (exact) mass is 113 g/mol. The van der Waals surface area contributed by atoms with Crippen molar-refractivity contribution in [2.45, 2.75) is 0 Å². The lowest BCUT2D eigenvalue weighted by atomic mass is 10.4. The average molecular weight is 113 g/mol. The van der Waals surface area contributed by atoms with E-state index in [1.54, 1.807) is 12.3 Å². The molecule has 0 fully saturated rings. The Kier molecular flexibility index (Phi) is 1.04. The van der Waals surface area contributed by atoms with Crippen LogP contribution >= 0.6 is 0 Å². The Morgan fingerprint density at radius 2 is 2.62 bits per heavy atom. The van der Waals surface area contributed by atoms with Crippen molar-refractivity contribution in [1.29, 1.82) is 0 Å². The third kappa shape index (κ3) is 0.703. The Balaban J connectivity index is 0.000000640. The van der Waals surface area contributed by atoms with E-state index in [1.165, 1.54) is 6.07 Å². The van der Waals surface area contributed by atoms with Gasteiger partial charge in [0.25, 0.3) is 0 Å². The minimum Gasteiger partial charge on any atom is -0.477 e. The summed E-state index contributed by atoms with van der Waals surface area (Å²) in [7, 11) is 0. The second kappa shape index (κ2) is 1.69. The molecule has 0 aliphatic carbocycles. The van der Waals surface area contributed by atoms with Gasteiger partial charge in [0, 0.05) is 7.62 Å². The zero-order valence-corrected chi connectivity index (χ0v) is 4.09. The summed E-state index contributed by atoms with van der Waals surface area (Å²) >= 11 is 0. The van der Waals surface area contributed by atoms with Gasteiger partial charge in [-0.3, -0.25) is 0 Å². The first-order valence-corrected chi connectivity index (χ1v) is 2.17. The SMILES string of the molecule is O=C(O)c1ccc[nH]1.[HH]. The number of aromatic amines is 1. The predicted molar refractivity (Wildman–Crippen MR) is 29.9 cm³/mol. The molecule has 0 amide bonds. The molecule has 3 heteroatoms. The Labute approximate surface area is 47.4 Å². The number of hydrogen-bond donors (Lipinski definition) is 2. The lowest BCUT2D eigenvalue weighted by Gasteiger charge is -1.80. The number of nitrogens with one attached hydrogen (secondary N) is 1. The van der Waals surface area contributed by atoms with Crippen molar-refractivity contribution in [3.05, 3.63) is 24.0 Å². The number of aromatic carboxylic acids is 1. The third-order valence-electron chi connectivity index (χ3n) is 0.828. The summed E-state index contributed by atoms with van der Waals surface area (Å²) in [5.74, 6) is -0.921. The number of H-pyrrole nitrogens is 1. The van der Waals surface area contributed by atoms with E-state index in [2.05, 4.69) is 4.98 Å². The molecule has 0 saturated heterocycles. The molecule has 1 aromatic heterocycles. The van der Waals surface area contributed by atoms with E-state index in [0.717, 1.165) is 0 Å². The number of rotatable bonds is 1. The maximum absolute atomic E-state index is 10.0. The van der Waals surface area contributed by atoms with Gasteiger partial charge in [0.2, 0.25) is 0 Å². The number of aromatic nitrogens is 1. The van der Waals surface area contributed by atoms with E-state index in [0.29, 0.717) is 0 Å². The van der Waals surface area contributed by atoms with Gasteiger partial charge in [-0.05, 0) is 12.1 Å². The molecule has 0 atom stereocenters. The van der Waals surface area contributed by atoms with Gasteiger partial charge in [0.05, 0.1) is 0 Å². The Bertz CT molecular complexity index is 183. The molecule has 0 aliphatic heterocycles. The van der Waals surface area contributed by atoms with Crippen LogP contribution in [0.15, 0.2) is 18.3 Å². The van der Waals surface area contributed by atoms with Crippen LogP contribution in [0.5, 0.6) is 0 Å². The standard InChI is InChI=1S/C5H5NO2.H2/c7-5(8)4-2-1-3-6-4;/h1-3,6H,(H,7,8);1H. The second-order valence-electron chi connectivity index (χ2n) is 1.39. The fraction of sp³-hybridized carbons (Fsp3) is 0. The first-order valence-electron chi connectivity index (χ1n) is 2.17. The van der Waals surface area contributed by atoms with Crippen LogP contribution in [0.2, 0.25) is 0 Å². The van der Waals surface area contributed by atoms with Crippen molar-refractivity contribution in [3.8, 4) is 0 Å². The van der Waals surface area contributed by atoms with Crippen LogP contribution in [0, 0.1) is 0 Å². The molecule has 3 nitrogen and oxygen atoms in total. The summed E-state index contributed by atoms with van der Waals surface area (Å²) in [4.78, 5) is 12.6. The summed E-state index contributed by atoms with van der Waals surface area (Å²) in [6, 6.07) is 3.14. The Morgan fingerprint density at radius 1 is 1.88 bits per heavy atom. The molecular weight excluding hydrogens is 106 g/mol. The van der Waals surface area contributed by atoms with Crippen molar-refractivity contribution in [3.63, 3.8) is 0 Å². The quantitative estimate of drug-likeness (QED) is 0.569. The number of carboxylic acids is 1. The highest BCUT2D eigenvalue weighted by Crippen LogP contribution is 1.91. The molecule has 0 unspecified atom stereocenters. The van der Waals surface area contributed by atoms with Gasteiger partial charge in [-0.2, -0.15) is 0 Å². The van der Waals surface area contributed by atoms with Gasteiger partial charge in [-0.1, -0.05) is 0 Å². The summed E-state index contributed by atoms with van der Waals surface area (Å²) in [6.45, 7) is 0. The minimum atomic E-state index is -0.921. The number of carbonyl (C=O) groups is 1. The Morgan fingerprint density at radius 3 is 2.88 bits per heavy atom. The molecule has 8 heavy (non-hydrogen) atoms. The summed E-state index contributed by atoms with van der Waals surface area (Å²) in [5.41, 5.74) is 0.227. The van der Waals surface area contributed by atoms with Gasteiger partial charge < -0.3 is 10.1 Å². The van der Waals surface area contributed by atoms with Crippen molar-refractivity contribution in [2.24, 2.45) is 0 Å². The first kappa shape index (κ1) is 4.90. The van der Waals surface area contributed by atoms with Crippen LogP contribution in [0.25, 0.3) is 0 Å². The fourth-order valence-electron chi connectivity index (χ4n) is 0.463. The normalized spacial score (nSPS) is 9.00.